The number of likely N-dealkylation sites (tertiary alicyclic amines) is 1. The summed E-state index contributed by atoms with van der Waals surface area (Å²) >= 11 is 0. The summed E-state index contributed by atoms with van der Waals surface area (Å²) in [4.78, 5) is 67.0. The van der Waals surface area contributed by atoms with Crippen molar-refractivity contribution in [1.82, 2.24) is 15.5 Å². The summed E-state index contributed by atoms with van der Waals surface area (Å²) in [5.74, 6) is -3.88. The van der Waals surface area contributed by atoms with Gasteiger partial charge in [0.1, 0.15) is 18.1 Å². The molecular weight excluding hydrogens is 472 g/mol. The normalized spacial score (nSPS) is 18.4. The second kappa shape index (κ2) is 14.9. The van der Waals surface area contributed by atoms with Gasteiger partial charge in [0, 0.05) is 19.5 Å². The Morgan fingerprint density at radius 2 is 1.75 bits per heavy atom. The third kappa shape index (κ3) is 9.68. The maximum atomic E-state index is 13.1. The summed E-state index contributed by atoms with van der Waals surface area (Å²) in [7, 11) is 0. The molecule has 0 saturated carbocycles. The highest BCUT2D eigenvalue weighted by molar-refractivity contribution is 5.94. The van der Waals surface area contributed by atoms with E-state index in [9.17, 15) is 29.1 Å². The zero-order chi connectivity index (χ0) is 27.4. The van der Waals surface area contributed by atoms with E-state index >= 15 is 0 Å². The van der Waals surface area contributed by atoms with E-state index in [0.29, 0.717) is 25.8 Å². The fourth-order valence-electron chi connectivity index (χ4n) is 3.85. The van der Waals surface area contributed by atoms with Gasteiger partial charge in [0.15, 0.2) is 5.96 Å². The average molecular weight is 513 g/mol. The minimum absolute atomic E-state index is 0.0345. The lowest BCUT2D eigenvalue weighted by Gasteiger charge is -2.30. The molecule has 0 radical (unpaired) electrons. The number of hydrogen-bond acceptors (Lipinski definition) is 7. The predicted molar refractivity (Wildman–Crippen MR) is 132 cm³/mol. The molecule has 1 rings (SSSR count). The smallest absolute Gasteiger partial charge is 0.326 e. The van der Waals surface area contributed by atoms with Crippen LogP contribution in [0.15, 0.2) is 4.99 Å². The van der Waals surface area contributed by atoms with Crippen molar-refractivity contribution in [2.24, 2.45) is 33.8 Å². The number of amides is 4. The first-order valence-corrected chi connectivity index (χ1v) is 12.1. The van der Waals surface area contributed by atoms with Crippen molar-refractivity contribution in [1.29, 1.82) is 0 Å². The van der Waals surface area contributed by atoms with Crippen LogP contribution in [0.5, 0.6) is 0 Å². The summed E-state index contributed by atoms with van der Waals surface area (Å²) in [6.07, 6.45) is 1.64. The molecule has 0 bridgehead atoms. The van der Waals surface area contributed by atoms with E-state index in [4.69, 9.17) is 22.9 Å². The minimum atomic E-state index is -1.28. The summed E-state index contributed by atoms with van der Waals surface area (Å²) in [6.45, 7) is 4.30. The van der Waals surface area contributed by atoms with Crippen LogP contribution in [0.2, 0.25) is 0 Å². The lowest BCUT2D eigenvalue weighted by Crippen LogP contribution is -2.57. The van der Waals surface area contributed by atoms with Gasteiger partial charge in [-0.2, -0.15) is 0 Å². The Kier molecular flexibility index (Phi) is 12.6. The van der Waals surface area contributed by atoms with Crippen LogP contribution in [0, 0.1) is 5.92 Å². The molecule has 0 spiro atoms. The van der Waals surface area contributed by atoms with Crippen molar-refractivity contribution < 1.29 is 29.1 Å². The number of aliphatic imine (C=N–C) groups is 1. The molecule has 1 heterocycles. The number of nitrogens with one attached hydrogen (secondary N) is 2. The molecule has 1 aliphatic heterocycles. The van der Waals surface area contributed by atoms with Gasteiger partial charge in [-0.25, -0.2) is 4.79 Å². The molecule has 5 atom stereocenters. The molecule has 14 heteroatoms. The number of hydrogen-bond donors (Lipinski definition) is 7. The number of carbonyl (C=O) groups is 5. The van der Waals surface area contributed by atoms with Gasteiger partial charge in [-0.05, 0) is 38.0 Å². The van der Waals surface area contributed by atoms with Gasteiger partial charge in [0.05, 0.1) is 6.04 Å². The van der Waals surface area contributed by atoms with E-state index < -0.39 is 47.9 Å². The van der Waals surface area contributed by atoms with Gasteiger partial charge in [0.2, 0.25) is 23.6 Å². The monoisotopic (exact) mass is 512 g/mol. The summed E-state index contributed by atoms with van der Waals surface area (Å²) in [5, 5.41) is 14.4. The summed E-state index contributed by atoms with van der Waals surface area (Å²) in [5.41, 5.74) is 21.8. The Morgan fingerprint density at radius 1 is 1.08 bits per heavy atom. The minimum Gasteiger partial charge on any atom is -0.480 e. The second-order valence-electron chi connectivity index (χ2n) is 9.02. The van der Waals surface area contributed by atoms with Crippen LogP contribution in [0.1, 0.15) is 58.8 Å². The van der Waals surface area contributed by atoms with E-state index in [1.807, 2.05) is 13.8 Å². The highest BCUT2D eigenvalue weighted by Gasteiger charge is 2.38. The van der Waals surface area contributed by atoms with Crippen molar-refractivity contribution in [2.45, 2.75) is 83.0 Å². The quantitative estimate of drug-likeness (QED) is 0.0708. The summed E-state index contributed by atoms with van der Waals surface area (Å²) < 4.78 is 0. The standard InChI is InChI=1S/C22H40N8O6/c1-3-12(2)17(24)20(34)30-11-5-7-15(30)19(33)28-13(8-9-16(23)31)18(32)29-14(21(35)36)6-4-10-27-22(25)26/h12-15,17H,3-11,24H2,1-2H3,(H2,23,31)(H,28,33)(H,29,32)(H,35,36)(H4,25,26,27). The molecule has 0 aromatic rings. The number of primary amides is 1. The van der Waals surface area contributed by atoms with Crippen molar-refractivity contribution in [3.63, 3.8) is 0 Å². The van der Waals surface area contributed by atoms with Crippen molar-refractivity contribution in [3.05, 3.63) is 0 Å². The van der Waals surface area contributed by atoms with Gasteiger partial charge in [-0.15, -0.1) is 0 Å². The molecule has 0 aliphatic carbocycles. The number of rotatable bonds is 15. The van der Waals surface area contributed by atoms with Gasteiger partial charge in [-0.3, -0.25) is 24.2 Å². The van der Waals surface area contributed by atoms with E-state index in [1.54, 1.807) is 0 Å². The third-order valence-electron chi connectivity index (χ3n) is 6.25. The predicted octanol–water partition coefficient (Wildman–Crippen LogP) is -2.28. The lowest BCUT2D eigenvalue weighted by molar-refractivity contribution is -0.143. The number of aliphatic carboxylic acids is 1. The number of carbonyl (C=O) groups excluding carboxylic acids is 4. The topological polar surface area (TPSA) is 249 Å². The number of guanidine groups is 1. The van der Waals surface area contributed by atoms with Gasteiger partial charge in [0.25, 0.3) is 0 Å². The zero-order valence-electron chi connectivity index (χ0n) is 20.9. The SMILES string of the molecule is CCC(C)C(N)C(=O)N1CCCC1C(=O)NC(CCC(N)=O)C(=O)NC(CCCN=C(N)N)C(=O)O. The molecule has 5 unspecified atom stereocenters. The molecule has 1 aliphatic rings. The van der Waals surface area contributed by atoms with Crippen LogP contribution in [0.3, 0.4) is 0 Å². The third-order valence-corrected chi connectivity index (χ3v) is 6.25. The number of nitrogens with zero attached hydrogens (tertiary/aromatic N) is 2. The van der Waals surface area contributed by atoms with Crippen LogP contribution in [0.25, 0.3) is 0 Å². The first-order valence-electron chi connectivity index (χ1n) is 12.1. The Bertz CT molecular complexity index is 831. The molecule has 4 amide bonds. The molecular formula is C22H40N8O6. The van der Waals surface area contributed by atoms with Crippen molar-refractivity contribution in [3.8, 4) is 0 Å². The maximum Gasteiger partial charge on any atom is 0.326 e. The Morgan fingerprint density at radius 3 is 2.31 bits per heavy atom. The first-order chi connectivity index (χ1) is 16.9. The van der Waals surface area contributed by atoms with Gasteiger partial charge >= 0.3 is 5.97 Å². The number of carboxylic acids is 1. The number of nitrogens with two attached hydrogens (primary N) is 4. The highest BCUT2D eigenvalue weighted by Crippen LogP contribution is 2.21. The van der Waals surface area contributed by atoms with Crippen LogP contribution < -0.4 is 33.6 Å². The Balaban J connectivity index is 2.93. The average Bonchev–Trinajstić information content (AvgIpc) is 3.31. The lowest BCUT2D eigenvalue weighted by atomic mass is 9.98. The largest absolute Gasteiger partial charge is 0.480 e. The number of carboxylic acid groups (broad SMARTS) is 1. The Labute approximate surface area is 210 Å². The molecule has 1 fully saturated rings. The molecule has 36 heavy (non-hydrogen) atoms. The van der Waals surface area contributed by atoms with Crippen molar-refractivity contribution >= 4 is 35.6 Å². The first kappa shape index (κ1) is 30.6. The highest BCUT2D eigenvalue weighted by atomic mass is 16.4. The fraction of sp³-hybridized carbons (Fsp3) is 0.727. The van der Waals surface area contributed by atoms with Crippen LogP contribution in [0.4, 0.5) is 0 Å². The molecule has 0 aromatic carbocycles. The van der Waals surface area contributed by atoms with Crippen LogP contribution >= 0.6 is 0 Å². The van der Waals surface area contributed by atoms with Gasteiger partial charge in [-0.1, -0.05) is 20.3 Å². The maximum absolute atomic E-state index is 13.1. The molecule has 204 valence electrons. The molecule has 0 aromatic heterocycles. The Hall–Kier alpha value is -3.42. The summed E-state index contributed by atoms with van der Waals surface area (Å²) in [6, 6.07) is -4.08. The molecule has 14 nitrogen and oxygen atoms in total. The van der Waals surface area contributed by atoms with E-state index in [-0.39, 0.29) is 50.0 Å². The van der Waals surface area contributed by atoms with E-state index in [2.05, 4.69) is 15.6 Å². The van der Waals surface area contributed by atoms with Crippen LogP contribution in [-0.4, -0.2) is 82.8 Å². The molecule has 11 N–H and O–H groups in total. The van der Waals surface area contributed by atoms with Crippen molar-refractivity contribution in [2.75, 3.05) is 13.1 Å². The fourth-order valence-corrected chi connectivity index (χ4v) is 3.85. The second-order valence-corrected chi connectivity index (χ2v) is 9.02. The van der Waals surface area contributed by atoms with Gasteiger partial charge < -0.3 is 43.6 Å². The zero-order valence-corrected chi connectivity index (χ0v) is 20.9. The molecule has 1 saturated heterocycles. The van der Waals surface area contributed by atoms with E-state index in [1.165, 1.54) is 4.90 Å². The van der Waals surface area contributed by atoms with E-state index in [0.717, 1.165) is 0 Å². The van der Waals surface area contributed by atoms with Crippen LogP contribution in [-0.2, 0) is 24.0 Å².